The number of aliphatic hydroxyl groups is 1. The van der Waals surface area contributed by atoms with Gasteiger partial charge in [0.1, 0.15) is 5.60 Å². The number of fused-ring (bicyclic) bond motifs is 5. The molecule has 0 amide bonds. The van der Waals surface area contributed by atoms with E-state index in [1.807, 2.05) is 6.08 Å². The maximum atomic E-state index is 12.3. The highest BCUT2D eigenvalue weighted by atomic mass is 16.3. The van der Waals surface area contributed by atoms with E-state index in [1.165, 1.54) is 16.8 Å². The second-order valence-electron chi connectivity index (χ2n) is 13.6. The molecule has 0 aliphatic heterocycles. The third-order valence-electron chi connectivity index (χ3n) is 10.5. The molecule has 0 bridgehead atoms. The van der Waals surface area contributed by atoms with E-state index in [4.69, 9.17) is 0 Å². The first-order chi connectivity index (χ1) is 17.5. The van der Waals surface area contributed by atoms with Crippen molar-refractivity contribution in [1.29, 1.82) is 0 Å². The van der Waals surface area contributed by atoms with Gasteiger partial charge in [-0.05, 0) is 127 Å². The summed E-state index contributed by atoms with van der Waals surface area (Å²) in [7, 11) is 0. The Morgan fingerprint density at radius 1 is 1.03 bits per heavy atom. The first kappa shape index (κ1) is 26.6. The van der Waals surface area contributed by atoms with Crippen molar-refractivity contribution in [3.8, 4) is 11.8 Å². The van der Waals surface area contributed by atoms with Crippen molar-refractivity contribution in [1.82, 2.24) is 0 Å². The van der Waals surface area contributed by atoms with Crippen molar-refractivity contribution < 1.29 is 9.90 Å². The quantitative estimate of drug-likeness (QED) is 0.445. The lowest BCUT2D eigenvalue weighted by molar-refractivity contribution is -0.117. The summed E-state index contributed by atoms with van der Waals surface area (Å²) in [5, 5.41) is 12.2. The van der Waals surface area contributed by atoms with E-state index in [0.717, 1.165) is 51.6 Å². The minimum atomic E-state index is -0.937. The third kappa shape index (κ3) is 4.58. The average molecular weight is 502 g/mol. The third-order valence-corrected chi connectivity index (χ3v) is 10.5. The topological polar surface area (TPSA) is 40.5 Å². The summed E-state index contributed by atoms with van der Waals surface area (Å²) >= 11 is 0. The smallest absolute Gasteiger partial charge is 0.155 e. The van der Waals surface area contributed by atoms with Gasteiger partial charge in [0.2, 0.25) is 0 Å². The number of rotatable bonds is 4. The monoisotopic (exact) mass is 501 g/mol. The number of hydrogen-bond acceptors (Lipinski definition) is 3. The van der Waals surface area contributed by atoms with Crippen molar-refractivity contribution in [2.45, 2.75) is 98.0 Å². The fourth-order valence-electron chi connectivity index (χ4n) is 8.67. The Hall–Kier alpha value is -2.05. The SMILES string of the molecule is CCN(CC)c1ccc([C@H]2C[C@@]3(C)C(CC[C@@]3(O)C#CC(C)(C)C)[C@@H]3CCC4=CC(=O)CC[C@@H]4C32)cc1. The molecule has 0 spiro atoms. The van der Waals surface area contributed by atoms with Crippen LogP contribution in [-0.2, 0) is 4.79 Å². The van der Waals surface area contributed by atoms with Gasteiger partial charge < -0.3 is 10.0 Å². The van der Waals surface area contributed by atoms with Crippen LogP contribution in [0, 0.1) is 46.3 Å². The lowest BCUT2D eigenvalue weighted by Gasteiger charge is -2.58. The van der Waals surface area contributed by atoms with Gasteiger partial charge in [0, 0.05) is 36.0 Å². The van der Waals surface area contributed by atoms with E-state index in [9.17, 15) is 9.90 Å². The number of benzene rings is 1. The van der Waals surface area contributed by atoms with Gasteiger partial charge in [0.05, 0.1) is 0 Å². The van der Waals surface area contributed by atoms with Crippen molar-refractivity contribution in [2.75, 3.05) is 18.0 Å². The van der Waals surface area contributed by atoms with Crippen molar-refractivity contribution >= 4 is 11.5 Å². The summed E-state index contributed by atoms with van der Waals surface area (Å²) in [5.41, 5.74) is 2.81. The van der Waals surface area contributed by atoms with E-state index in [2.05, 4.69) is 82.5 Å². The summed E-state index contributed by atoms with van der Waals surface area (Å²) in [4.78, 5) is 14.7. The maximum absolute atomic E-state index is 12.3. The molecule has 1 aromatic rings. The summed E-state index contributed by atoms with van der Waals surface area (Å²) in [6.45, 7) is 15.2. The summed E-state index contributed by atoms with van der Waals surface area (Å²) in [6.07, 6.45) is 8.67. The molecule has 4 aliphatic rings. The zero-order valence-corrected chi connectivity index (χ0v) is 23.9. The number of carbonyl (C=O) groups is 1. The molecule has 3 saturated carbocycles. The van der Waals surface area contributed by atoms with Gasteiger partial charge in [-0.3, -0.25) is 4.79 Å². The van der Waals surface area contributed by atoms with Crippen LogP contribution in [-0.4, -0.2) is 29.6 Å². The fraction of sp³-hybridized carbons (Fsp3) is 0.676. The normalized spacial score (nSPS) is 37.0. The fourth-order valence-corrected chi connectivity index (χ4v) is 8.67. The Labute approximate surface area is 225 Å². The van der Waals surface area contributed by atoms with Crippen LogP contribution >= 0.6 is 0 Å². The molecule has 0 aromatic heterocycles. The van der Waals surface area contributed by atoms with Crippen LogP contribution in [0.5, 0.6) is 0 Å². The van der Waals surface area contributed by atoms with E-state index >= 15 is 0 Å². The van der Waals surface area contributed by atoms with Crippen molar-refractivity contribution in [3.05, 3.63) is 41.5 Å². The largest absolute Gasteiger partial charge is 0.377 e. The van der Waals surface area contributed by atoms with Crippen LogP contribution in [0.3, 0.4) is 0 Å². The van der Waals surface area contributed by atoms with Gasteiger partial charge in [0.25, 0.3) is 0 Å². The lowest BCUT2D eigenvalue weighted by atomic mass is 9.46. The lowest BCUT2D eigenvalue weighted by Crippen LogP contribution is -2.54. The molecule has 4 aliphatic carbocycles. The molecule has 1 aromatic carbocycles. The second kappa shape index (κ2) is 9.60. The molecule has 3 nitrogen and oxygen atoms in total. The number of nitrogens with zero attached hydrogens (tertiary/aromatic N) is 1. The highest BCUT2D eigenvalue weighted by Crippen LogP contribution is 2.68. The molecule has 37 heavy (non-hydrogen) atoms. The number of carbonyl (C=O) groups excluding carboxylic acids is 1. The molecule has 0 radical (unpaired) electrons. The van der Waals surface area contributed by atoms with E-state index in [-0.39, 0.29) is 10.8 Å². The van der Waals surface area contributed by atoms with Crippen LogP contribution in [0.4, 0.5) is 5.69 Å². The predicted molar refractivity (Wildman–Crippen MR) is 152 cm³/mol. The van der Waals surface area contributed by atoms with E-state index in [1.54, 1.807) is 0 Å². The van der Waals surface area contributed by atoms with Crippen LogP contribution in [0.15, 0.2) is 35.9 Å². The van der Waals surface area contributed by atoms with Gasteiger partial charge >= 0.3 is 0 Å². The van der Waals surface area contributed by atoms with Crippen LogP contribution in [0.2, 0.25) is 0 Å². The van der Waals surface area contributed by atoms with E-state index in [0.29, 0.717) is 41.8 Å². The highest BCUT2D eigenvalue weighted by molar-refractivity contribution is 5.91. The summed E-state index contributed by atoms with van der Waals surface area (Å²) in [6, 6.07) is 9.33. The van der Waals surface area contributed by atoms with Gasteiger partial charge in [-0.15, -0.1) is 0 Å². The standard InChI is InChI=1S/C34H47NO2/c1-7-35(8-2)25-12-9-23(10-13-25)29-22-33(6)30(17-18-34(33,37)20-19-32(3,4)5)28-15-11-24-21-26(36)14-16-27(24)31(28)29/h9-10,12-13,21,27-31,37H,7-8,11,14-18,22H2,1-6H3/t27-,28-,29+,30?,31?,33-,34+/m0/s1. The molecule has 7 atom stereocenters. The molecule has 0 heterocycles. The summed E-state index contributed by atoms with van der Waals surface area (Å²) < 4.78 is 0. The minimum Gasteiger partial charge on any atom is -0.377 e. The molecule has 2 unspecified atom stereocenters. The van der Waals surface area contributed by atoms with Crippen LogP contribution in [0.1, 0.15) is 98.0 Å². The highest BCUT2D eigenvalue weighted by Gasteiger charge is 2.64. The first-order valence-electron chi connectivity index (χ1n) is 14.8. The minimum absolute atomic E-state index is 0.125. The van der Waals surface area contributed by atoms with Gasteiger partial charge in [-0.1, -0.05) is 36.5 Å². The first-order valence-corrected chi connectivity index (χ1v) is 14.8. The molecule has 3 heteroatoms. The molecule has 3 fully saturated rings. The Morgan fingerprint density at radius 2 is 1.73 bits per heavy atom. The Balaban J connectivity index is 1.57. The van der Waals surface area contributed by atoms with Crippen molar-refractivity contribution in [3.63, 3.8) is 0 Å². The number of hydrogen-bond donors (Lipinski definition) is 1. The second-order valence-corrected chi connectivity index (χ2v) is 13.6. The zero-order valence-electron chi connectivity index (χ0n) is 23.9. The van der Waals surface area contributed by atoms with Crippen molar-refractivity contribution in [2.24, 2.45) is 34.5 Å². The van der Waals surface area contributed by atoms with E-state index < -0.39 is 5.60 Å². The Morgan fingerprint density at radius 3 is 2.38 bits per heavy atom. The molecule has 1 N–H and O–H groups in total. The number of ketones is 1. The Kier molecular flexibility index (Phi) is 6.89. The molecular weight excluding hydrogens is 454 g/mol. The molecular formula is C34H47NO2. The van der Waals surface area contributed by atoms with Gasteiger partial charge in [-0.2, -0.15) is 0 Å². The maximum Gasteiger partial charge on any atom is 0.155 e. The zero-order chi connectivity index (χ0) is 26.6. The number of allylic oxidation sites excluding steroid dienone is 1. The Bertz CT molecular complexity index is 1110. The van der Waals surface area contributed by atoms with Gasteiger partial charge in [0.15, 0.2) is 5.78 Å². The number of anilines is 1. The van der Waals surface area contributed by atoms with Crippen LogP contribution < -0.4 is 4.90 Å². The molecule has 5 rings (SSSR count). The summed E-state index contributed by atoms with van der Waals surface area (Å²) in [5.74, 6) is 9.67. The van der Waals surface area contributed by atoms with Gasteiger partial charge in [-0.25, -0.2) is 0 Å². The van der Waals surface area contributed by atoms with Crippen LogP contribution in [0.25, 0.3) is 0 Å². The molecule has 200 valence electrons. The average Bonchev–Trinajstić information content (AvgIpc) is 3.13. The molecule has 0 saturated heterocycles. The predicted octanol–water partition coefficient (Wildman–Crippen LogP) is 7.15.